The third-order valence-electron chi connectivity index (χ3n) is 5.18. The highest BCUT2D eigenvalue weighted by molar-refractivity contribution is 7.88. The maximum atomic E-state index is 12.8. The molecule has 0 bridgehead atoms. The van der Waals surface area contributed by atoms with E-state index >= 15 is 0 Å². The SMILES string of the molecule is Cc1noc(C(NC(=O)C2CCN(S(=O)(=O)Cc3ccccc3)CC2)C(C)C)n1. The van der Waals surface area contributed by atoms with Gasteiger partial charge >= 0.3 is 0 Å². The molecule has 2 heterocycles. The van der Waals surface area contributed by atoms with Gasteiger partial charge in [0.1, 0.15) is 6.04 Å². The summed E-state index contributed by atoms with van der Waals surface area (Å²) in [6.07, 6.45) is 0.987. The number of carbonyl (C=O) groups is 1. The maximum Gasteiger partial charge on any atom is 0.249 e. The molecule has 0 radical (unpaired) electrons. The first kappa shape index (κ1) is 21.4. The van der Waals surface area contributed by atoms with E-state index in [0.29, 0.717) is 37.6 Å². The van der Waals surface area contributed by atoms with Gasteiger partial charge in [0.25, 0.3) is 0 Å². The lowest BCUT2D eigenvalue weighted by Crippen LogP contribution is -2.44. The van der Waals surface area contributed by atoms with Gasteiger partial charge in [-0.3, -0.25) is 4.79 Å². The first-order chi connectivity index (χ1) is 13.8. The second kappa shape index (κ2) is 9.04. The Morgan fingerprint density at radius 3 is 2.45 bits per heavy atom. The van der Waals surface area contributed by atoms with Crippen LogP contribution in [0.25, 0.3) is 0 Å². The predicted octanol–water partition coefficient (Wildman–Crippen LogP) is 2.43. The zero-order chi connectivity index (χ0) is 21.0. The number of sulfonamides is 1. The molecule has 1 aromatic carbocycles. The van der Waals surface area contributed by atoms with Crippen molar-refractivity contribution in [2.75, 3.05) is 13.1 Å². The smallest absolute Gasteiger partial charge is 0.249 e. The Bertz CT molecular complexity index is 919. The molecule has 3 rings (SSSR count). The van der Waals surface area contributed by atoms with E-state index < -0.39 is 10.0 Å². The normalized spacial score (nSPS) is 17.4. The number of amides is 1. The fourth-order valence-corrected chi connectivity index (χ4v) is 5.06. The lowest BCUT2D eigenvalue weighted by Gasteiger charge is -2.31. The number of aryl methyl sites for hydroxylation is 1. The molecule has 1 saturated heterocycles. The molecule has 158 valence electrons. The van der Waals surface area contributed by atoms with Gasteiger partial charge in [0, 0.05) is 19.0 Å². The molecule has 0 spiro atoms. The van der Waals surface area contributed by atoms with Crippen LogP contribution in [-0.4, -0.2) is 41.9 Å². The molecule has 0 aliphatic carbocycles. The highest BCUT2D eigenvalue weighted by atomic mass is 32.2. The summed E-state index contributed by atoms with van der Waals surface area (Å²) in [5.74, 6) is 0.662. The van der Waals surface area contributed by atoms with Gasteiger partial charge in [-0.2, -0.15) is 4.98 Å². The van der Waals surface area contributed by atoms with Crippen molar-refractivity contribution in [2.45, 2.75) is 45.4 Å². The van der Waals surface area contributed by atoms with Crippen molar-refractivity contribution in [1.29, 1.82) is 0 Å². The lowest BCUT2D eigenvalue weighted by molar-refractivity contribution is -0.127. The van der Waals surface area contributed by atoms with Crippen molar-refractivity contribution in [3.63, 3.8) is 0 Å². The van der Waals surface area contributed by atoms with Crippen molar-refractivity contribution in [2.24, 2.45) is 11.8 Å². The number of hydrogen-bond donors (Lipinski definition) is 1. The van der Waals surface area contributed by atoms with Gasteiger partial charge in [0.05, 0.1) is 5.75 Å². The summed E-state index contributed by atoms with van der Waals surface area (Å²) in [7, 11) is -3.39. The summed E-state index contributed by atoms with van der Waals surface area (Å²) in [6, 6.07) is 8.78. The largest absolute Gasteiger partial charge is 0.344 e. The molecule has 1 unspecified atom stereocenters. The fourth-order valence-electron chi connectivity index (χ4n) is 3.50. The second-order valence-electron chi connectivity index (χ2n) is 7.83. The molecule has 1 aromatic heterocycles. The van der Waals surface area contributed by atoms with Crippen LogP contribution < -0.4 is 5.32 Å². The molecular formula is C20H28N4O4S. The Balaban J connectivity index is 1.57. The number of rotatable bonds is 7. The van der Waals surface area contributed by atoms with Gasteiger partial charge in [-0.15, -0.1) is 0 Å². The molecule has 8 nitrogen and oxygen atoms in total. The van der Waals surface area contributed by atoms with Crippen LogP contribution in [0.5, 0.6) is 0 Å². The molecule has 9 heteroatoms. The minimum absolute atomic E-state index is 0.0172. The van der Waals surface area contributed by atoms with E-state index in [-0.39, 0.29) is 29.5 Å². The Morgan fingerprint density at radius 1 is 1.24 bits per heavy atom. The van der Waals surface area contributed by atoms with E-state index in [9.17, 15) is 13.2 Å². The molecule has 2 aromatic rings. The van der Waals surface area contributed by atoms with E-state index in [2.05, 4.69) is 15.5 Å². The number of aromatic nitrogens is 2. The average Bonchev–Trinajstić information content (AvgIpc) is 3.12. The Hall–Kier alpha value is -2.26. The minimum Gasteiger partial charge on any atom is -0.344 e. The number of nitrogens with zero attached hydrogens (tertiary/aromatic N) is 3. The Labute approximate surface area is 171 Å². The van der Waals surface area contributed by atoms with Gasteiger partial charge in [0.15, 0.2) is 5.82 Å². The minimum atomic E-state index is -3.39. The summed E-state index contributed by atoms with van der Waals surface area (Å²) in [5, 5.41) is 6.81. The first-order valence-electron chi connectivity index (χ1n) is 9.88. The van der Waals surface area contributed by atoms with E-state index in [1.807, 2.05) is 44.2 Å². The number of piperidine rings is 1. The van der Waals surface area contributed by atoms with Gasteiger partial charge in [-0.05, 0) is 31.2 Å². The molecule has 1 amide bonds. The average molecular weight is 421 g/mol. The van der Waals surface area contributed by atoms with Crippen LogP contribution in [0.2, 0.25) is 0 Å². The topological polar surface area (TPSA) is 105 Å². The zero-order valence-electron chi connectivity index (χ0n) is 17.0. The molecule has 29 heavy (non-hydrogen) atoms. The van der Waals surface area contributed by atoms with E-state index in [0.717, 1.165) is 5.56 Å². The highest BCUT2D eigenvalue weighted by Gasteiger charge is 2.33. The third-order valence-corrected chi connectivity index (χ3v) is 7.03. The van der Waals surface area contributed by atoms with Crippen LogP contribution in [0, 0.1) is 18.8 Å². The van der Waals surface area contributed by atoms with Gasteiger partial charge in [0.2, 0.25) is 21.8 Å². The number of hydrogen-bond acceptors (Lipinski definition) is 6. The van der Waals surface area contributed by atoms with Crippen molar-refractivity contribution >= 4 is 15.9 Å². The summed E-state index contributed by atoms with van der Waals surface area (Å²) in [4.78, 5) is 17.0. The quantitative estimate of drug-likeness (QED) is 0.737. The van der Waals surface area contributed by atoms with Crippen LogP contribution >= 0.6 is 0 Å². The van der Waals surface area contributed by atoms with E-state index in [4.69, 9.17) is 4.52 Å². The number of benzene rings is 1. The van der Waals surface area contributed by atoms with Crippen LogP contribution in [0.15, 0.2) is 34.9 Å². The van der Waals surface area contributed by atoms with Crippen LogP contribution in [0.1, 0.15) is 50.0 Å². The van der Waals surface area contributed by atoms with Crippen LogP contribution in [0.3, 0.4) is 0 Å². The summed E-state index contributed by atoms with van der Waals surface area (Å²) in [6.45, 7) is 6.38. The van der Waals surface area contributed by atoms with Crippen molar-refractivity contribution < 1.29 is 17.7 Å². The number of carbonyl (C=O) groups excluding carboxylic acids is 1. The third kappa shape index (κ3) is 5.42. The van der Waals surface area contributed by atoms with Crippen LogP contribution in [-0.2, 0) is 20.6 Å². The molecule has 1 aliphatic rings. The van der Waals surface area contributed by atoms with Crippen LogP contribution in [0.4, 0.5) is 0 Å². The maximum absolute atomic E-state index is 12.8. The molecule has 0 saturated carbocycles. The summed E-state index contributed by atoms with van der Waals surface area (Å²) < 4.78 is 32.1. The molecule has 1 aliphatic heterocycles. The molecular weight excluding hydrogens is 392 g/mol. The van der Waals surface area contributed by atoms with Crippen molar-refractivity contribution in [3.05, 3.63) is 47.6 Å². The summed E-state index contributed by atoms with van der Waals surface area (Å²) in [5.41, 5.74) is 0.766. The van der Waals surface area contributed by atoms with Gasteiger partial charge in [-0.1, -0.05) is 49.3 Å². The second-order valence-corrected chi connectivity index (χ2v) is 9.79. The van der Waals surface area contributed by atoms with Gasteiger partial charge < -0.3 is 9.84 Å². The lowest BCUT2D eigenvalue weighted by atomic mass is 9.95. The Morgan fingerprint density at radius 2 is 1.90 bits per heavy atom. The Kier molecular flexibility index (Phi) is 6.69. The first-order valence-corrected chi connectivity index (χ1v) is 11.5. The van der Waals surface area contributed by atoms with Gasteiger partial charge in [-0.25, -0.2) is 12.7 Å². The molecule has 1 fully saturated rings. The summed E-state index contributed by atoms with van der Waals surface area (Å²) >= 11 is 0. The number of nitrogens with one attached hydrogen (secondary N) is 1. The van der Waals surface area contributed by atoms with E-state index in [1.54, 1.807) is 6.92 Å². The molecule has 1 atom stereocenters. The highest BCUT2D eigenvalue weighted by Crippen LogP contribution is 2.25. The molecule has 1 N–H and O–H groups in total. The standard InChI is InChI=1S/C20H28N4O4S/c1-14(2)18(20-21-15(3)23-28-20)22-19(25)17-9-11-24(12-10-17)29(26,27)13-16-7-5-4-6-8-16/h4-8,14,17-18H,9-13H2,1-3H3,(H,22,25). The monoisotopic (exact) mass is 420 g/mol. The fraction of sp³-hybridized carbons (Fsp3) is 0.550. The van der Waals surface area contributed by atoms with Crippen molar-refractivity contribution in [1.82, 2.24) is 19.8 Å². The predicted molar refractivity (Wildman–Crippen MR) is 108 cm³/mol. The van der Waals surface area contributed by atoms with E-state index in [1.165, 1.54) is 4.31 Å². The van der Waals surface area contributed by atoms with Crippen molar-refractivity contribution in [3.8, 4) is 0 Å². The zero-order valence-corrected chi connectivity index (χ0v) is 17.9.